The molecular formula is C21H26N2O2. The van der Waals surface area contributed by atoms with Crippen LogP contribution in [0.25, 0.3) is 11.1 Å². The van der Waals surface area contributed by atoms with E-state index in [1.165, 1.54) is 0 Å². The Hall–Kier alpha value is -2.54. The Balaban J connectivity index is 2.75. The normalized spacial score (nSPS) is 10.5. The second-order valence-corrected chi connectivity index (χ2v) is 6.42. The van der Waals surface area contributed by atoms with Gasteiger partial charge in [0.05, 0.1) is 5.56 Å². The first kappa shape index (κ1) is 18.8. The molecule has 0 bridgehead atoms. The third-order valence-corrected chi connectivity index (χ3v) is 3.93. The second-order valence-electron chi connectivity index (χ2n) is 6.42. The van der Waals surface area contributed by atoms with Crippen molar-refractivity contribution in [2.45, 2.75) is 47.6 Å². The number of benzene rings is 1. The number of ether oxygens (including phenoxy) is 1. The van der Waals surface area contributed by atoms with E-state index in [9.17, 15) is 4.79 Å². The van der Waals surface area contributed by atoms with Gasteiger partial charge in [-0.25, -0.2) is 4.68 Å². The highest BCUT2D eigenvalue weighted by atomic mass is 16.5. The maximum Gasteiger partial charge on any atom is 0.278 e. The van der Waals surface area contributed by atoms with Gasteiger partial charge >= 0.3 is 0 Å². The van der Waals surface area contributed by atoms with Crippen molar-refractivity contribution in [2.24, 2.45) is 5.92 Å². The monoisotopic (exact) mass is 338 g/mol. The SMILES string of the molecule is CC#CCOc1c(CC)nn(CC(C)C)c(=O)c1-c1ccccc1C. The minimum atomic E-state index is -0.111. The van der Waals surface area contributed by atoms with E-state index in [0.29, 0.717) is 30.2 Å². The second kappa shape index (κ2) is 8.53. The Morgan fingerprint density at radius 3 is 2.60 bits per heavy atom. The minimum absolute atomic E-state index is 0.111. The topological polar surface area (TPSA) is 44.1 Å². The lowest BCUT2D eigenvalue weighted by Crippen LogP contribution is -2.29. The van der Waals surface area contributed by atoms with Crippen LogP contribution in [0.3, 0.4) is 0 Å². The van der Waals surface area contributed by atoms with Crippen LogP contribution >= 0.6 is 0 Å². The molecule has 132 valence electrons. The zero-order valence-corrected chi connectivity index (χ0v) is 15.7. The molecule has 0 unspecified atom stereocenters. The Morgan fingerprint density at radius 2 is 2.00 bits per heavy atom. The van der Waals surface area contributed by atoms with E-state index >= 15 is 0 Å². The molecule has 25 heavy (non-hydrogen) atoms. The molecule has 0 amide bonds. The van der Waals surface area contributed by atoms with Gasteiger partial charge in [0.1, 0.15) is 12.3 Å². The standard InChI is InChI=1S/C21H26N2O2/c1-6-8-13-25-20-18(7-2)22-23(14-15(3)4)21(24)19(20)17-12-10-9-11-16(17)5/h9-12,15H,7,13-14H2,1-5H3. The van der Waals surface area contributed by atoms with Crippen molar-refractivity contribution in [2.75, 3.05) is 6.61 Å². The number of aromatic nitrogens is 2. The van der Waals surface area contributed by atoms with E-state index in [2.05, 4.69) is 30.8 Å². The maximum absolute atomic E-state index is 13.2. The third kappa shape index (κ3) is 4.30. The van der Waals surface area contributed by atoms with E-state index in [1.807, 2.05) is 38.1 Å². The van der Waals surface area contributed by atoms with Crippen molar-refractivity contribution in [1.29, 1.82) is 0 Å². The lowest BCUT2D eigenvalue weighted by atomic mass is 10.00. The first-order valence-corrected chi connectivity index (χ1v) is 8.71. The van der Waals surface area contributed by atoms with E-state index < -0.39 is 0 Å². The zero-order chi connectivity index (χ0) is 18.4. The largest absolute Gasteiger partial charge is 0.478 e. The van der Waals surface area contributed by atoms with Gasteiger partial charge in [0.15, 0.2) is 5.75 Å². The Morgan fingerprint density at radius 1 is 1.28 bits per heavy atom. The molecule has 2 aromatic rings. The van der Waals surface area contributed by atoms with Crippen LogP contribution in [0.5, 0.6) is 5.75 Å². The molecule has 0 fully saturated rings. The smallest absolute Gasteiger partial charge is 0.278 e. The van der Waals surface area contributed by atoms with E-state index in [0.717, 1.165) is 16.8 Å². The number of nitrogens with zero attached hydrogens (tertiary/aromatic N) is 2. The lowest BCUT2D eigenvalue weighted by molar-refractivity contribution is 0.356. The molecule has 0 atom stereocenters. The minimum Gasteiger partial charge on any atom is -0.478 e. The molecule has 0 spiro atoms. The molecule has 0 N–H and O–H groups in total. The summed E-state index contributed by atoms with van der Waals surface area (Å²) in [5.41, 5.74) is 3.19. The van der Waals surface area contributed by atoms with Crippen molar-refractivity contribution in [3.05, 3.63) is 45.9 Å². The highest BCUT2D eigenvalue weighted by Gasteiger charge is 2.21. The highest BCUT2D eigenvalue weighted by Crippen LogP contribution is 2.31. The third-order valence-electron chi connectivity index (χ3n) is 3.93. The van der Waals surface area contributed by atoms with E-state index in [1.54, 1.807) is 11.6 Å². The fraction of sp³-hybridized carbons (Fsp3) is 0.429. The van der Waals surface area contributed by atoms with Crippen molar-refractivity contribution in [3.63, 3.8) is 0 Å². The molecule has 1 heterocycles. The molecule has 0 saturated heterocycles. The summed E-state index contributed by atoms with van der Waals surface area (Å²) in [6.45, 7) is 10.8. The molecule has 0 aliphatic carbocycles. The predicted octanol–water partition coefficient (Wildman–Crippen LogP) is 3.84. The summed E-state index contributed by atoms with van der Waals surface area (Å²) in [6, 6.07) is 7.87. The molecule has 0 aliphatic rings. The van der Waals surface area contributed by atoms with Crippen LogP contribution in [-0.4, -0.2) is 16.4 Å². The number of hydrogen-bond donors (Lipinski definition) is 0. The van der Waals surface area contributed by atoms with Gasteiger partial charge < -0.3 is 4.74 Å². The van der Waals surface area contributed by atoms with Gasteiger partial charge in [-0.05, 0) is 37.3 Å². The predicted molar refractivity (Wildman–Crippen MR) is 102 cm³/mol. The van der Waals surface area contributed by atoms with Crippen molar-refractivity contribution < 1.29 is 4.74 Å². The number of hydrogen-bond acceptors (Lipinski definition) is 3. The molecule has 1 aromatic carbocycles. The Bertz CT molecular complexity index is 854. The van der Waals surface area contributed by atoms with Crippen LogP contribution in [-0.2, 0) is 13.0 Å². The van der Waals surface area contributed by atoms with Gasteiger partial charge in [-0.2, -0.15) is 5.10 Å². The molecule has 0 saturated carbocycles. The van der Waals surface area contributed by atoms with Crippen molar-refractivity contribution >= 4 is 0 Å². The molecule has 2 rings (SSSR count). The summed E-state index contributed by atoms with van der Waals surface area (Å²) < 4.78 is 7.47. The van der Waals surface area contributed by atoms with E-state index in [4.69, 9.17) is 4.74 Å². The lowest BCUT2D eigenvalue weighted by Gasteiger charge is -2.18. The van der Waals surface area contributed by atoms with Gasteiger partial charge in [0.2, 0.25) is 0 Å². The van der Waals surface area contributed by atoms with Gasteiger partial charge in [0, 0.05) is 6.54 Å². The molecule has 0 aliphatic heterocycles. The summed E-state index contributed by atoms with van der Waals surface area (Å²) >= 11 is 0. The van der Waals surface area contributed by atoms with Gasteiger partial charge in [-0.3, -0.25) is 4.79 Å². The quantitative estimate of drug-likeness (QED) is 0.752. The average Bonchev–Trinajstić information content (AvgIpc) is 2.58. The number of rotatable bonds is 6. The van der Waals surface area contributed by atoms with Crippen molar-refractivity contribution in [1.82, 2.24) is 9.78 Å². The van der Waals surface area contributed by atoms with E-state index in [-0.39, 0.29) is 12.2 Å². The van der Waals surface area contributed by atoms with Crippen molar-refractivity contribution in [3.8, 4) is 28.7 Å². The molecular weight excluding hydrogens is 312 g/mol. The van der Waals surface area contributed by atoms with Crippen LogP contribution in [0, 0.1) is 24.7 Å². The summed E-state index contributed by atoms with van der Waals surface area (Å²) in [5, 5.41) is 4.56. The Labute approximate surface area is 149 Å². The first-order chi connectivity index (χ1) is 12.0. The van der Waals surface area contributed by atoms with Gasteiger partial charge in [-0.1, -0.05) is 51.0 Å². The maximum atomic E-state index is 13.2. The molecule has 1 aromatic heterocycles. The molecule has 4 nitrogen and oxygen atoms in total. The van der Waals surface area contributed by atoms with Crippen LogP contribution in [0.4, 0.5) is 0 Å². The van der Waals surface area contributed by atoms with Gasteiger partial charge in [-0.15, -0.1) is 5.92 Å². The average molecular weight is 338 g/mol. The first-order valence-electron chi connectivity index (χ1n) is 8.71. The Kier molecular flexibility index (Phi) is 6.41. The van der Waals surface area contributed by atoms with Gasteiger partial charge in [0.25, 0.3) is 5.56 Å². The number of aryl methyl sites for hydroxylation is 2. The molecule has 0 radical (unpaired) electrons. The fourth-order valence-electron chi connectivity index (χ4n) is 2.73. The fourth-order valence-corrected chi connectivity index (χ4v) is 2.73. The van der Waals surface area contributed by atoms with Crippen LogP contribution < -0.4 is 10.3 Å². The highest BCUT2D eigenvalue weighted by molar-refractivity contribution is 5.73. The summed E-state index contributed by atoms with van der Waals surface area (Å²) in [4.78, 5) is 13.2. The summed E-state index contributed by atoms with van der Waals surface area (Å²) in [5.74, 6) is 6.61. The summed E-state index contributed by atoms with van der Waals surface area (Å²) in [6.07, 6.45) is 0.687. The summed E-state index contributed by atoms with van der Waals surface area (Å²) in [7, 11) is 0. The van der Waals surface area contributed by atoms with Crippen LogP contribution in [0.2, 0.25) is 0 Å². The zero-order valence-electron chi connectivity index (χ0n) is 15.7. The van der Waals surface area contributed by atoms with Crippen LogP contribution in [0.15, 0.2) is 29.1 Å². The van der Waals surface area contributed by atoms with Crippen LogP contribution in [0.1, 0.15) is 39.0 Å². The molecule has 4 heteroatoms.